The van der Waals surface area contributed by atoms with Gasteiger partial charge in [-0.25, -0.2) is 4.39 Å². The van der Waals surface area contributed by atoms with Gasteiger partial charge in [0.05, 0.1) is 0 Å². The quantitative estimate of drug-likeness (QED) is 0.808. The van der Waals surface area contributed by atoms with Crippen LogP contribution in [0.5, 0.6) is 0 Å². The van der Waals surface area contributed by atoms with E-state index in [-0.39, 0.29) is 24.0 Å². The number of carbonyl (C=O) groups is 1. The highest BCUT2D eigenvalue weighted by Gasteiger charge is 2.50. The van der Waals surface area contributed by atoms with Crippen molar-refractivity contribution in [2.75, 3.05) is 6.54 Å². The summed E-state index contributed by atoms with van der Waals surface area (Å²) < 4.78 is 12.9. The van der Waals surface area contributed by atoms with Crippen LogP contribution in [0.15, 0.2) is 24.3 Å². The fraction of sp³-hybridized carbons (Fsp3) is 0.632. The Bertz CT molecular complexity index is 536. The number of Topliss-reactive ketones (excluding diaryl/α,β-unsaturated/α-hetero) is 1. The van der Waals surface area contributed by atoms with Crippen LogP contribution >= 0.6 is 12.4 Å². The van der Waals surface area contributed by atoms with Crippen molar-refractivity contribution >= 4 is 18.2 Å². The van der Waals surface area contributed by atoms with Crippen LogP contribution < -0.4 is 5.32 Å². The van der Waals surface area contributed by atoms with Crippen molar-refractivity contribution in [1.82, 2.24) is 5.32 Å². The van der Waals surface area contributed by atoms with E-state index >= 15 is 0 Å². The van der Waals surface area contributed by atoms with Crippen molar-refractivity contribution < 1.29 is 9.18 Å². The first kappa shape index (κ1) is 16.9. The Morgan fingerprint density at radius 2 is 1.57 bits per heavy atom. The number of ketones is 1. The number of carbonyl (C=O) groups excluding carboxylic acids is 1. The number of hydrogen-bond acceptors (Lipinski definition) is 2. The highest BCUT2D eigenvalue weighted by Crippen LogP contribution is 2.55. The number of hydrogen-bond donors (Lipinski definition) is 1. The maximum Gasteiger partial charge on any atom is 0.164 e. The van der Waals surface area contributed by atoms with Crippen LogP contribution in [0.1, 0.15) is 55.3 Å². The first-order valence-corrected chi connectivity index (χ1v) is 8.66. The van der Waals surface area contributed by atoms with Crippen LogP contribution in [0, 0.1) is 23.6 Å². The Kier molecular flexibility index (Phi) is 4.80. The van der Waals surface area contributed by atoms with Crippen LogP contribution in [0.25, 0.3) is 0 Å². The summed E-state index contributed by atoms with van der Waals surface area (Å²) >= 11 is 0. The van der Waals surface area contributed by atoms with Gasteiger partial charge in [0.1, 0.15) is 5.82 Å². The molecular weight excluding hydrogens is 313 g/mol. The van der Waals surface area contributed by atoms with Crippen molar-refractivity contribution in [3.63, 3.8) is 0 Å². The molecule has 23 heavy (non-hydrogen) atoms. The predicted octanol–water partition coefficient (Wildman–Crippen LogP) is 4.38. The number of benzene rings is 1. The van der Waals surface area contributed by atoms with Gasteiger partial charge in [-0.1, -0.05) is 0 Å². The van der Waals surface area contributed by atoms with Crippen molar-refractivity contribution in [3.05, 3.63) is 35.6 Å². The topological polar surface area (TPSA) is 29.1 Å². The van der Waals surface area contributed by atoms with Crippen LogP contribution in [-0.4, -0.2) is 17.9 Å². The molecule has 0 saturated heterocycles. The zero-order valence-corrected chi connectivity index (χ0v) is 14.2. The molecule has 126 valence electrons. The number of halogens is 2. The van der Waals surface area contributed by atoms with E-state index in [1.807, 2.05) is 0 Å². The molecule has 4 bridgehead atoms. The summed E-state index contributed by atoms with van der Waals surface area (Å²) in [5.74, 6) is 2.59. The van der Waals surface area contributed by atoms with Crippen molar-refractivity contribution in [2.24, 2.45) is 17.8 Å². The maximum atomic E-state index is 12.9. The van der Waals surface area contributed by atoms with Crippen molar-refractivity contribution in [2.45, 2.75) is 50.5 Å². The zero-order valence-electron chi connectivity index (χ0n) is 13.4. The Hall–Kier alpha value is -0.930. The molecule has 1 aromatic carbocycles. The molecule has 1 aromatic rings. The number of rotatable bonds is 5. The second kappa shape index (κ2) is 6.52. The van der Waals surface area contributed by atoms with Crippen LogP contribution in [0.2, 0.25) is 0 Å². The predicted molar refractivity (Wildman–Crippen MR) is 91.5 cm³/mol. The Labute approximate surface area is 143 Å². The van der Waals surface area contributed by atoms with Gasteiger partial charge < -0.3 is 5.32 Å². The minimum atomic E-state index is -0.289. The van der Waals surface area contributed by atoms with Crippen LogP contribution in [-0.2, 0) is 0 Å². The molecule has 4 saturated carbocycles. The minimum Gasteiger partial charge on any atom is -0.311 e. The van der Waals surface area contributed by atoms with E-state index in [2.05, 4.69) is 5.32 Å². The van der Waals surface area contributed by atoms with Crippen LogP contribution in [0.4, 0.5) is 4.39 Å². The van der Waals surface area contributed by atoms with Gasteiger partial charge in [-0.05, 0) is 80.5 Å². The molecule has 4 fully saturated rings. The van der Waals surface area contributed by atoms with E-state index in [1.54, 1.807) is 12.1 Å². The molecule has 0 heterocycles. The van der Waals surface area contributed by atoms with E-state index in [0.29, 0.717) is 17.5 Å². The third-order valence-electron chi connectivity index (χ3n) is 6.06. The first-order valence-electron chi connectivity index (χ1n) is 8.66. The molecule has 5 rings (SSSR count). The molecule has 0 aromatic heterocycles. The lowest BCUT2D eigenvalue weighted by Crippen LogP contribution is -2.58. The molecule has 0 radical (unpaired) electrons. The summed E-state index contributed by atoms with van der Waals surface area (Å²) in [6.45, 7) is 0.752. The standard InChI is InChI=1S/C19H24FNO.ClH/c20-17-3-1-16(2-4-17)18(22)5-6-21-19-10-13-7-14(11-19)9-15(8-13)12-19;/h1-4,13-15,21H,5-12H2;1H. The fourth-order valence-corrected chi connectivity index (χ4v) is 5.55. The van der Waals surface area contributed by atoms with E-state index in [1.165, 1.54) is 50.7 Å². The monoisotopic (exact) mass is 337 g/mol. The second-order valence-electron chi connectivity index (χ2n) is 7.80. The molecule has 0 aliphatic heterocycles. The van der Waals surface area contributed by atoms with Gasteiger partial charge in [-0.15, -0.1) is 12.4 Å². The molecule has 4 aliphatic carbocycles. The maximum absolute atomic E-state index is 12.9. The molecule has 0 atom stereocenters. The smallest absolute Gasteiger partial charge is 0.164 e. The summed E-state index contributed by atoms with van der Waals surface area (Å²) in [5, 5.41) is 3.74. The highest BCUT2D eigenvalue weighted by atomic mass is 35.5. The zero-order chi connectivity index (χ0) is 15.2. The normalized spacial score (nSPS) is 34.2. The molecule has 0 unspecified atom stereocenters. The van der Waals surface area contributed by atoms with Crippen molar-refractivity contribution in [3.8, 4) is 0 Å². The van der Waals surface area contributed by atoms with E-state index in [0.717, 1.165) is 24.3 Å². The van der Waals surface area contributed by atoms with E-state index in [4.69, 9.17) is 0 Å². The second-order valence-corrected chi connectivity index (χ2v) is 7.80. The third-order valence-corrected chi connectivity index (χ3v) is 6.06. The summed E-state index contributed by atoms with van der Waals surface area (Å²) in [7, 11) is 0. The van der Waals surface area contributed by atoms with Crippen LogP contribution in [0.3, 0.4) is 0 Å². The Morgan fingerprint density at radius 1 is 1.04 bits per heavy atom. The van der Waals surface area contributed by atoms with Gasteiger partial charge in [0.15, 0.2) is 5.78 Å². The van der Waals surface area contributed by atoms with Gasteiger partial charge in [-0.2, -0.15) is 0 Å². The molecule has 1 N–H and O–H groups in total. The summed E-state index contributed by atoms with van der Waals surface area (Å²) in [5.41, 5.74) is 0.936. The summed E-state index contributed by atoms with van der Waals surface area (Å²) in [6, 6.07) is 5.89. The minimum absolute atomic E-state index is 0. The molecule has 4 aliphatic rings. The van der Waals surface area contributed by atoms with Gasteiger partial charge in [0.25, 0.3) is 0 Å². The average molecular weight is 338 g/mol. The molecule has 0 amide bonds. The lowest BCUT2D eigenvalue weighted by molar-refractivity contribution is -0.0193. The van der Waals surface area contributed by atoms with E-state index in [9.17, 15) is 9.18 Å². The van der Waals surface area contributed by atoms with Gasteiger partial charge >= 0.3 is 0 Å². The number of nitrogens with one attached hydrogen (secondary N) is 1. The average Bonchev–Trinajstić information content (AvgIpc) is 2.46. The molecule has 0 spiro atoms. The largest absolute Gasteiger partial charge is 0.311 e. The molecular formula is C19H25ClFNO. The third kappa shape index (κ3) is 3.46. The van der Waals surface area contributed by atoms with Gasteiger partial charge in [-0.3, -0.25) is 4.79 Å². The summed E-state index contributed by atoms with van der Waals surface area (Å²) in [4.78, 5) is 12.2. The van der Waals surface area contributed by atoms with Gasteiger partial charge in [0, 0.05) is 24.1 Å². The van der Waals surface area contributed by atoms with Gasteiger partial charge in [0.2, 0.25) is 0 Å². The summed E-state index contributed by atoms with van der Waals surface area (Å²) in [6.07, 6.45) is 8.75. The van der Waals surface area contributed by atoms with Crippen molar-refractivity contribution in [1.29, 1.82) is 0 Å². The van der Waals surface area contributed by atoms with E-state index < -0.39 is 0 Å². The highest BCUT2D eigenvalue weighted by molar-refractivity contribution is 5.96. The lowest BCUT2D eigenvalue weighted by atomic mass is 9.53. The SMILES string of the molecule is Cl.O=C(CCNC12CC3CC(CC(C3)C1)C2)c1ccc(F)cc1. The lowest BCUT2D eigenvalue weighted by Gasteiger charge is -2.57. The Balaban J connectivity index is 0.00000156. The molecule has 4 heteroatoms. The molecule has 2 nitrogen and oxygen atoms in total. The Morgan fingerprint density at radius 3 is 2.09 bits per heavy atom. The fourth-order valence-electron chi connectivity index (χ4n) is 5.55. The first-order chi connectivity index (χ1) is 10.6.